The lowest BCUT2D eigenvalue weighted by Crippen LogP contribution is -2.54. The molecule has 2 aliphatic rings. The van der Waals surface area contributed by atoms with E-state index in [4.69, 9.17) is 0 Å². The Hall–Kier alpha value is -1.95. The normalized spacial score (nSPS) is 25.8. The van der Waals surface area contributed by atoms with Crippen molar-refractivity contribution in [3.05, 3.63) is 39.9 Å². The Morgan fingerprint density at radius 2 is 1.85 bits per heavy atom. The number of rotatable bonds is 2. The molecule has 0 spiro atoms. The lowest BCUT2D eigenvalue weighted by molar-refractivity contribution is -0.385. The van der Waals surface area contributed by atoms with Crippen LogP contribution in [0.3, 0.4) is 0 Å². The Kier molecular flexibility index (Phi) is 3.17. The standard InChI is InChI=1S/C14H17N3O3/c1-15-8-10-6-7-11(9-15)16(10)14(18)12-4-2-3-5-13(12)17(19)20/h2-5,10-11H,6-9H2,1H3. The van der Waals surface area contributed by atoms with E-state index < -0.39 is 4.92 Å². The molecule has 0 aromatic heterocycles. The van der Waals surface area contributed by atoms with Crippen LogP contribution in [-0.4, -0.2) is 52.9 Å². The molecule has 2 aliphatic heterocycles. The van der Waals surface area contributed by atoms with E-state index in [1.807, 2.05) is 4.90 Å². The maximum absolute atomic E-state index is 12.7. The first-order valence-electron chi connectivity index (χ1n) is 6.82. The number of likely N-dealkylation sites (N-methyl/N-ethyl adjacent to an activating group) is 1. The van der Waals surface area contributed by atoms with Gasteiger partial charge in [0.25, 0.3) is 11.6 Å². The minimum atomic E-state index is -0.481. The summed E-state index contributed by atoms with van der Waals surface area (Å²) in [5, 5.41) is 11.1. The van der Waals surface area contributed by atoms with Crippen LogP contribution >= 0.6 is 0 Å². The minimum Gasteiger partial charge on any atom is -0.330 e. The Morgan fingerprint density at radius 1 is 1.25 bits per heavy atom. The molecule has 1 amide bonds. The third-order valence-electron chi connectivity index (χ3n) is 4.23. The molecular weight excluding hydrogens is 258 g/mol. The van der Waals surface area contributed by atoms with Crippen molar-refractivity contribution < 1.29 is 9.72 Å². The van der Waals surface area contributed by atoms with E-state index in [0.717, 1.165) is 25.9 Å². The highest BCUT2D eigenvalue weighted by atomic mass is 16.6. The average molecular weight is 275 g/mol. The van der Waals surface area contributed by atoms with Gasteiger partial charge in [-0.05, 0) is 26.0 Å². The number of hydrogen-bond donors (Lipinski definition) is 0. The SMILES string of the molecule is CN1CC2CCC(C1)N2C(=O)c1ccccc1[N+](=O)[O-]. The van der Waals surface area contributed by atoms with Crippen molar-refractivity contribution in [1.29, 1.82) is 0 Å². The second kappa shape index (κ2) is 4.86. The molecule has 2 saturated heterocycles. The van der Waals surface area contributed by atoms with Crippen molar-refractivity contribution in [2.45, 2.75) is 24.9 Å². The van der Waals surface area contributed by atoms with Crippen molar-refractivity contribution in [3.8, 4) is 0 Å². The molecule has 3 rings (SSSR count). The predicted molar refractivity (Wildman–Crippen MR) is 73.6 cm³/mol. The Morgan fingerprint density at radius 3 is 2.45 bits per heavy atom. The van der Waals surface area contributed by atoms with E-state index in [1.54, 1.807) is 18.2 Å². The van der Waals surface area contributed by atoms with Crippen molar-refractivity contribution in [1.82, 2.24) is 9.80 Å². The summed E-state index contributed by atoms with van der Waals surface area (Å²) in [6.07, 6.45) is 1.97. The first-order chi connectivity index (χ1) is 9.58. The van der Waals surface area contributed by atoms with Gasteiger partial charge < -0.3 is 9.80 Å². The summed E-state index contributed by atoms with van der Waals surface area (Å²) in [7, 11) is 2.05. The highest BCUT2D eigenvalue weighted by Gasteiger charge is 2.42. The molecule has 2 heterocycles. The molecule has 0 radical (unpaired) electrons. The van der Waals surface area contributed by atoms with E-state index in [-0.39, 0.29) is 29.2 Å². The van der Waals surface area contributed by atoms with Gasteiger partial charge in [0.15, 0.2) is 0 Å². The lowest BCUT2D eigenvalue weighted by atomic mass is 10.1. The van der Waals surface area contributed by atoms with Gasteiger partial charge in [0.2, 0.25) is 0 Å². The molecule has 0 N–H and O–H groups in total. The zero-order valence-corrected chi connectivity index (χ0v) is 11.4. The third-order valence-corrected chi connectivity index (χ3v) is 4.23. The fourth-order valence-corrected chi connectivity index (χ4v) is 3.40. The monoisotopic (exact) mass is 275 g/mol. The van der Waals surface area contributed by atoms with Gasteiger partial charge in [-0.2, -0.15) is 0 Å². The third kappa shape index (κ3) is 2.06. The van der Waals surface area contributed by atoms with Gasteiger partial charge in [-0.3, -0.25) is 14.9 Å². The smallest absolute Gasteiger partial charge is 0.282 e. The van der Waals surface area contributed by atoms with Crippen LogP contribution in [0.2, 0.25) is 0 Å². The number of nitro groups is 1. The summed E-state index contributed by atoms with van der Waals surface area (Å²) >= 11 is 0. The number of fused-ring (bicyclic) bond motifs is 2. The summed E-state index contributed by atoms with van der Waals surface area (Å²) in [4.78, 5) is 27.4. The van der Waals surface area contributed by atoms with Gasteiger partial charge in [0, 0.05) is 31.2 Å². The van der Waals surface area contributed by atoms with Crippen LogP contribution in [0.15, 0.2) is 24.3 Å². The van der Waals surface area contributed by atoms with E-state index in [2.05, 4.69) is 11.9 Å². The van der Waals surface area contributed by atoms with Crippen molar-refractivity contribution in [2.75, 3.05) is 20.1 Å². The molecule has 20 heavy (non-hydrogen) atoms. The largest absolute Gasteiger partial charge is 0.330 e. The zero-order chi connectivity index (χ0) is 14.3. The van der Waals surface area contributed by atoms with Crippen LogP contribution in [0.4, 0.5) is 5.69 Å². The molecule has 2 bridgehead atoms. The second-order valence-corrected chi connectivity index (χ2v) is 5.59. The Bertz CT molecular complexity index is 546. The van der Waals surface area contributed by atoms with Crippen LogP contribution in [-0.2, 0) is 0 Å². The van der Waals surface area contributed by atoms with Gasteiger partial charge in [-0.25, -0.2) is 0 Å². The molecule has 2 unspecified atom stereocenters. The average Bonchev–Trinajstić information content (AvgIpc) is 2.70. The molecule has 1 aromatic carbocycles. The van der Waals surface area contributed by atoms with Gasteiger partial charge in [-0.1, -0.05) is 12.1 Å². The zero-order valence-electron chi connectivity index (χ0n) is 11.4. The number of carbonyl (C=O) groups is 1. The van der Waals surface area contributed by atoms with Crippen LogP contribution in [0.1, 0.15) is 23.2 Å². The molecule has 6 nitrogen and oxygen atoms in total. The minimum absolute atomic E-state index is 0.101. The predicted octanol–water partition coefficient (Wildman–Crippen LogP) is 1.51. The summed E-state index contributed by atoms with van der Waals surface area (Å²) < 4.78 is 0. The Labute approximate surface area is 117 Å². The number of nitro benzene ring substituents is 1. The first kappa shape index (κ1) is 13.1. The fourth-order valence-electron chi connectivity index (χ4n) is 3.40. The van der Waals surface area contributed by atoms with E-state index in [9.17, 15) is 14.9 Å². The van der Waals surface area contributed by atoms with E-state index in [1.165, 1.54) is 6.07 Å². The maximum Gasteiger partial charge on any atom is 0.282 e. The van der Waals surface area contributed by atoms with Gasteiger partial charge >= 0.3 is 0 Å². The number of likely N-dealkylation sites (tertiary alicyclic amines) is 1. The fraction of sp³-hybridized carbons (Fsp3) is 0.500. The molecule has 2 atom stereocenters. The van der Waals surface area contributed by atoms with E-state index >= 15 is 0 Å². The van der Waals surface area contributed by atoms with Crippen molar-refractivity contribution in [2.24, 2.45) is 0 Å². The Balaban J connectivity index is 1.92. The molecule has 0 saturated carbocycles. The van der Waals surface area contributed by atoms with E-state index in [0.29, 0.717) is 0 Å². The number of benzene rings is 1. The number of amides is 1. The summed E-state index contributed by atoms with van der Waals surface area (Å²) in [6, 6.07) is 6.59. The number of carbonyl (C=O) groups excluding carboxylic acids is 1. The van der Waals surface area contributed by atoms with Gasteiger partial charge in [0.1, 0.15) is 5.56 Å². The number of hydrogen-bond acceptors (Lipinski definition) is 4. The number of nitrogens with zero attached hydrogens (tertiary/aromatic N) is 3. The van der Waals surface area contributed by atoms with Gasteiger partial charge in [-0.15, -0.1) is 0 Å². The molecule has 106 valence electrons. The van der Waals surface area contributed by atoms with Crippen LogP contribution in [0, 0.1) is 10.1 Å². The quantitative estimate of drug-likeness (QED) is 0.606. The molecule has 0 aliphatic carbocycles. The van der Waals surface area contributed by atoms with Gasteiger partial charge in [0.05, 0.1) is 4.92 Å². The molecular formula is C14H17N3O3. The highest BCUT2D eigenvalue weighted by Crippen LogP contribution is 2.32. The van der Waals surface area contributed by atoms with Crippen molar-refractivity contribution in [3.63, 3.8) is 0 Å². The maximum atomic E-state index is 12.7. The summed E-state index contributed by atoms with van der Waals surface area (Å²) in [5.41, 5.74) is 0.106. The first-order valence-corrected chi connectivity index (χ1v) is 6.82. The topological polar surface area (TPSA) is 66.7 Å². The molecule has 1 aromatic rings. The van der Waals surface area contributed by atoms with Crippen LogP contribution in [0.5, 0.6) is 0 Å². The van der Waals surface area contributed by atoms with Crippen molar-refractivity contribution >= 4 is 11.6 Å². The molecule has 6 heteroatoms. The summed E-state index contributed by atoms with van der Waals surface area (Å²) in [6.45, 7) is 1.70. The second-order valence-electron chi connectivity index (χ2n) is 5.59. The number of para-hydroxylation sites is 1. The molecule has 2 fully saturated rings. The summed E-state index contributed by atoms with van der Waals surface area (Å²) in [5.74, 6) is -0.196. The van der Waals surface area contributed by atoms with Crippen LogP contribution < -0.4 is 0 Å². The van der Waals surface area contributed by atoms with Crippen LogP contribution in [0.25, 0.3) is 0 Å². The highest BCUT2D eigenvalue weighted by molar-refractivity contribution is 5.98. The lowest BCUT2D eigenvalue weighted by Gasteiger charge is -2.39. The number of piperazine rings is 1.